The number of amides is 1. The molecule has 1 aromatic rings. The normalized spacial score (nSPS) is 12.6. The summed E-state index contributed by atoms with van der Waals surface area (Å²) in [6, 6.07) is 6.89. The number of carbonyl (C=O) groups is 1. The van der Waals surface area contributed by atoms with E-state index < -0.39 is 0 Å². The number of carbonyl (C=O) groups excluding carboxylic acids is 1. The zero-order valence-electron chi connectivity index (χ0n) is 12.5. The molecule has 0 fully saturated rings. The number of rotatable bonds is 4. The van der Waals surface area contributed by atoms with Crippen molar-refractivity contribution >= 4 is 23.2 Å². The highest BCUT2D eigenvalue weighted by atomic mass is 35.5. The molecule has 0 saturated heterocycles. The van der Waals surface area contributed by atoms with Gasteiger partial charge in [-0.3, -0.25) is 4.79 Å². The van der Waals surface area contributed by atoms with Gasteiger partial charge in [0.05, 0.1) is 11.3 Å². The smallest absolute Gasteiger partial charge is 0.224 e. The topological polar surface area (TPSA) is 52.9 Å². The highest BCUT2D eigenvalue weighted by Gasteiger charge is 2.18. The van der Waals surface area contributed by atoms with Crippen LogP contribution in [0.5, 0.6) is 0 Å². The zero-order chi connectivity index (χ0) is 15.3. The summed E-state index contributed by atoms with van der Waals surface area (Å²) in [5.74, 6) is 0.209. The summed E-state index contributed by atoms with van der Waals surface area (Å²) < 4.78 is 0. The Hall–Kier alpha value is -1.53. The summed E-state index contributed by atoms with van der Waals surface area (Å²) in [5.41, 5.74) is 1.10. The molecule has 0 aromatic heterocycles. The van der Waals surface area contributed by atoms with Crippen LogP contribution in [0.1, 0.15) is 46.1 Å². The van der Waals surface area contributed by atoms with E-state index in [1.54, 1.807) is 18.2 Å². The van der Waals surface area contributed by atoms with Gasteiger partial charge in [-0.05, 0) is 36.0 Å². The molecule has 1 aromatic carbocycles. The van der Waals surface area contributed by atoms with Gasteiger partial charge in [0.1, 0.15) is 6.07 Å². The van der Waals surface area contributed by atoms with Crippen LogP contribution >= 0.6 is 11.6 Å². The Labute approximate surface area is 125 Å². The van der Waals surface area contributed by atoms with E-state index in [-0.39, 0.29) is 11.3 Å². The van der Waals surface area contributed by atoms with E-state index in [4.69, 9.17) is 16.9 Å². The van der Waals surface area contributed by atoms with Gasteiger partial charge in [0, 0.05) is 11.4 Å². The van der Waals surface area contributed by atoms with Crippen molar-refractivity contribution in [1.82, 2.24) is 0 Å². The summed E-state index contributed by atoms with van der Waals surface area (Å²) in [7, 11) is 0. The fourth-order valence-corrected chi connectivity index (χ4v) is 2.52. The molecule has 0 heterocycles. The van der Waals surface area contributed by atoms with Crippen molar-refractivity contribution in [2.24, 2.45) is 11.3 Å². The van der Waals surface area contributed by atoms with Crippen molar-refractivity contribution in [3.63, 3.8) is 0 Å². The van der Waals surface area contributed by atoms with E-state index in [9.17, 15) is 4.79 Å². The number of nitrogens with one attached hydrogen (secondary N) is 1. The number of hydrogen-bond acceptors (Lipinski definition) is 2. The standard InChI is InChI=1S/C16H21ClN2O/c1-11(9-16(2,3)4)7-15(20)19-14-8-13(17)6-5-12(14)10-18/h5-6,8,11H,7,9H2,1-4H3,(H,19,20). The van der Waals surface area contributed by atoms with Crippen LogP contribution in [0.15, 0.2) is 18.2 Å². The average molecular weight is 293 g/mol. The molecule has 0 bridgehead atoms. The predicted octanol–water partition coefficient (Wildman–Crippen LogP) is 4.61. The van der Waals surface area contributed by atoms with Gasteiger partial charge in [0.15, 0.2) is 0 Å². The lowest BCUT2D eigenvalue weighted by atomic mass is 9.84. The van der Waals surface area contributed by atoms with E-state index in [1.165, 1.54) is 0 Å². The van der Waals surface area contributed by atoms with Gasteiger partial charge < -0.3 is 5.32 Å². The third kappa shape index (κ3) is 5.63. The third-order valence-electron chi connectivity index (χ3n) is 2.87. The summed E-state index contributed by atoms with van der Waals surface area (Å²) in [6.07, 6.45) is 1.41. The largest absolute Gasteiger partial charge is 0.325 e. The molecule has 1 atom stereocenters. The third-order valence-corrected chi connectivity index (χ3v) is 3.11. The molecule has 1 rings (SSSR count). The van der Waals surface area contributed by atoms with Gasteiger partial charge >= 0.3 is 0 Å². The number of nitriles is 1. The zero-order valence-corrected chi connectivity index (χ0v) is 13.2. The molecule has 108 valence electrons. The quantitative estimate of drug-likeness (QED) is 0.881. The van der Waals surface area contributed by atoms with E-state index >= 15 is 0 Å². The Morgan fingerprint density at radius 3 is 2.65 bits per heavy atom. The number of nitrogens with zero attached hydrogens (tertiary/aromatic N) is 1. The van der Waals surface area contributed by atoms with Crippen molar-refractivity contribution in [3.05, 3.63) is 28.8 Å². The van der Waals surface area contributed by atoms with Crippen LogP contribution in [0.25, 0.3) is 0 Å². The van der Waals surface area contributed by atoms with Crippen molar-refractivity contribution in [2.45, 2.75) is 40.5 Å². The first-order valence-electron chi connectivity index (χ1n) is 6.71. The number of benzene rings is 1. The number of anilines is 1. The fraction of sp³-hybridized carbons (Fsp3) is 0.500. The van der Waals surface area contributed by atoms with Crippen molar-refractivity contribution < 1.29 is 4.79 Å². The van der Waals surface area contributed by atoms with Gasteiger partial charge in [-0.2, -0.15) is 5.26 Å². The molecule has 0 aliphatic rings. The first-order valence-corrected chi connectivity index (χ1v) is 7.08. The Morgan fingerprint density at radius 1 is 1.45 bits per heavy atom. The van der Waals surface area contributed by atoms with E-state index in [0.29, 0.717) is 28.6 Å². The lowest BCUT2D eigenvalue weighted by molar-refractivity contribution is -0.117. The first-order chi connectivity index (χ1) is 9.21. The summed E-state index contributed by atoms with van der Waals surface area (Å²) in [5, 5.41) is 12.3. The lowest BCUT2D eigenvalue weighted by Crippen LogP contribution is -2.19. The Morgan fingerprint density at radius 2 is 2.10 bits per heavy atom. The molecule has 0 radical (unpaired) electrons. The maximum Gasteiger partial charge on any atom is 0.224 e. The molecule has 20 heavy (non-hydrogen) atoms. The van der Waals surface area contributed by atoms with Crippen LogP contribution in [0.2, 0.25) is 5.02 Å². The van der Waals surface area contributed by atoms with Gasteiger partial charge in [-0.25, -0.2) is 0 Å². The number of hydrogen-bond donors (Lipinski definition) is 1. The van der Waals surface area contributed by atoms with Gasteiger partial charge in [-0.15, -0.1) is 0 Å². The highest BCUT2D eigenvalue weighted by molar-refractivity contribution is 6.31. The van der Waals surface area contributed by atoms with Crippen LogP contribution in [0.4, 0.5) is 5.69 Å². The maximum absolute atomic E-state index is 12.0. The highest BCUT2D eigenvalue weighted by Crippen LogP contribution is 2.26. The van der Waals surface area contributed by atoms with Gasteiger partial charge in [-0.1, -0.05) is 39.3 Å². The second-order valence-corrected chi connectivity index (χ2v) is 6.86. The summed E-state index contributed by atoms with van der Waals surface area (Å²) in [6.45, 7) is 8.54. The SMILES string of the molecule is CC(CC(=O)Nc1cc(Cl)ccc1C#N)CC(C)(C)C. The van der Waals surface area contributed by atoms with Gasteiger partial charge in [0.25, 0.3) is 0 Å². The van der Waals surface area contributed by atoms with Crippen molar-refractivity contribution in [1.29, 1.82) is 5.26 Å². The minimum atomic E-state index is -0.0829. The maximum atomic E-state index is 12.0. The molecular formula is C16H21ClN2O. The fourth-order valence-electron chi connectivity index (χ4n) is 2.35. The minimum Gasteiger partial charge on any atom is -0.325 e. The molecule has 0 saturated carbocycles. The van der Waals surface area contributed by atoms with E-state index in [2.05, 4.69) is 33.0 Å². The first kappa shape index (κ1) is 16.5. The average Bonchev–Trinajstić information content (AvgIpc) is 2.26. The number of halogens is 1. The van der Waals surface area contributed by atoms with Crippen molar-refractivity contribution in [2.75, 3.05) is 5.32 Å². The van der Waals surface area contributed by atoms with E-state index in [1.807, 2.05) is 6.07 Å². The monoisotopic (exact) mass is 292 g/mol. The molecule has 1 amide bonds. The molecule has 0 aliphatic heterocycles. The lowest BCUT2D eigenvalue weighted by Gasteiger charge is -2.22. The summed E-state index contributed by atoms with van der Waals surface area (Å²) in [4.78, 5) is 12.0. The van der Waals surface area contributed by atoms with Crippen LogP contribution < -0.4 is 5.32 Å². The van der Waals surface area contributed by atoms with E-state index in [0.717, 1.165) is 6.42 Å². The second-order valence-electron chi connectivity index (χ2n) is 6.42. The van der Waals surface area contributed by atoms with Gasteiger partial charge in [0.2, 0.25) is 5.91 Å². The molecule has 1 N–H and O–H groups in total. The summed E-state index contributed by atoms with van der Waals surface area (Å²) >= 11 is 5.89. The minimum absolute atomic E-state index is 0.0829. The molecule has 0 aliphatic carbocycles. The van der Waals surface area contributed by atoms with Crippen LogP contribution in [0, 0.1) is 22.7 Å². The molecule has 1 unspecified atom stereocenters. The molecule has 3 nitrogen and oxygen atoms in total. The second kappa shape index (κ2) is 6.76. The Bertz CT molecular complexity index is 526. The van der Waals surface area contributed by atoms with Crippen LogP contribution in [0.3, 0.4) is 0 Å². The van der Waals surface area contributed by atoms with Crippen LogP contribution in [-0.4, -0.2) is 5.91 Å². The van der Waals surface area contributed by atoms with Crippen molar-refractivity contribution in [3.8, 4) is 6.07 Å². The predicted molar refractivity (Wildman–Crippen MR) is 82.6 cm³/mol. The Balaban J connectivity index is 2.68. The van der Waals surface area contributed by atoms with Crippen LogP contribution in [-0.2, 0) is 4.79 Å². The molecular weight excluding hydrogens is 272 g/mol. The Kier molecular flexibility index (Phi) is 5.59. The molecule has 4 heteroatoms. The molecule has 0 spiro atoms.